The summed E-state index contributed by atoms with van der Waals surface area (Å²) in [5.74, 6) is -0.0787. The number of amides is 1. The largest absolute Gasteiger partial charge is 0.388 e. The molecule has 1 aliphatic rings. The van der Waals surface area contributed by atoms with Gasteiger partial charge in [0.05, 0.1) is 11.8 Å². The topological polar surface area (TPSA) is 66.3 Å². The zero-order valence-corrected chi connectivity index (χ0v) is 9.33. The molecule has 1 saturated heterocycles. The molecule has 1 amide bonds. The van der Waals surface area contributed by atoms with E-state index in [1.54, 1.807) is 11.8 Å². The molecule has 6 heteroatoms. The lowest BCUT2D eigenvalue weighted by Crippen LogP contribution is -2.48. The Morgan fingerprint density at radius 2 is 2.53 bits per heavy atom. The molecular formula is C9H13N3O2S. The van der Waals surface area contributed by atoms with Crippen LogP contribution in [0.2, 0.25) is 0 Å². The molecule has 1 atom stereocenters. The zero-order chi connectivity index (χ0) is 10.9. The van der Waals surface area contributed by atoms with E-state index in [1.165, 1.54) is 6.20 Å². The Morgan fingerprint density at radius 1 is 1.73 bits per heavy atom. The first-order valence-corrected chi connectivity index (χ1v) is 5.65. The highest BCUT2D eigenvalue weighted by Crippen LogP contribution is 2.22. The molecule has 5 nitrogen and oxygen atoms in total. The normalized spacial score (nSPS) is 26.7. The van der Waals surface area contributed by atoms with Gasteiger partial charge in [0.15, 0.2) is 0 Å². The van der Waals surface area contributed by atoms with E-state index in [0.29, 0.717) is 18.0 Å². The highest BCUT2D eigenvalue weighted by atomic mass is 32.1. The number of likely N-dealkylation sites (tertiary alicyclic amines) is 1. The van der Waals surface area contributed by atoms with Gasteiger partial charge >= 0.3 is 0 Å². The van der Waals surface area contributed by atoms with Crippen LogP contribution in [-0.4, -0.2) is 44.2 Å². The summed E-state index contributed by atoms with van der Waals surface area (Å²) in [5.41, 5.74) is -0.758. The first-order chi connectivity index (χ1) is 7.08. The molecule has 82 valence electrons. The van der Waals surface area contributed by atoms with Crippen LogP contribution in [0, 0.1) is 0 Å². The van der Waals surface area contributed by atoms with E-state index < -0.39 is 5.60 Å². The second-order valence-electron chi connectivity index (χ2n) is 4.11. The molecule has 1 aromatic rings. The molecule has 2 heterocycles. The van der Waals surface area contributed by atoms with E-state index >= 15 is 0 Å². The predicted molar refractivity (Wildman–Crippen MR) is 55.7 cm³/mol. The van der Waals surface area contributed by atoms with Crippen LogP contribution < -0.4 is 0 Å². The smallest absolute Gasteiger partial charge is 0.267 e. The maximum Gasteiger partial charge on any atom is 0.267 e. The Balaban J connectivity index is 2.08. The summed E-state index contributed by atoms with van der Waals surface area (Å²) >= 11 is 1.09. The minimum atomic E-state index is -0.758. The molecule has 0 bridgehead atoms. The van der Waals surface area contributed by atoms with Crippen LogP contribution in [0.25, 0.3) is 0 Å². The fourth-order valence-electron chi connectivity index (χ4n) is 1.81. The standard InChI is InChI=1S/C9H13N3O2S/c1-9(14)3-2-4-12(6-9)8(13)7-5-10-11-15-7/h5,14H,2-4,6H2,1H3. The summed E-state index contributed by atoms with van der Waals surface area (Å²) in [6, 6.07) is 0. The lowest BCUT2D eigenvalue weighted by molar-refractivity contribution is -0.0105. The number of carbonyl (C=O) groups excluding carboxylic acids is 1. The molecule has 0 aromatic carbocycles. The number of aliphatic hydroxyl groups is 1. The second kappa shape index (κ2) is 3.86. The molecule has 15 heavy (non-hydrogen) atoms. The average molecular weight is 227 g/mol. The molecule has 1 unspecified atom stereocenters. The second-order valence-corrected chi connectivity index (χ2v) is 4.89. The van der Waals surface area contributed by atoms with Crippen LogP contribution in [0.5, 0.6) is 0 Å². The Labute approximate surface area is 91.9 Å². The number of carbonyl (C=O) groups is 1. The molecule has 0 aliphatic carbocycles. The molecule has 1 N–H and O–H groups in total. The van der Waals surface area contributed by atoms with E-state index in [1.807, 2.05) is 0 Å². The van der Waals surface area contributed by atoms with Gasteiger partial charge in [-0.1, -0.05) is 4.49 Å². The van der Waals surface area contributed by atoms with Gasteiger partial charge in [0.1, 0.15) is 4.88 Å². The fraction of sp³-hybridized carbons (Fsp3) is 0.667. The summed E-state index contributed by atoms with van der Waals surface area (Å²) in [6.45, 7) is 2.86. The van der Waals surface area contributed by atoms with E-state index in [9.17, 15) is 9.90 Å². The first-order valence-electron chi connectivity index (χ1n) is 4.87. The number of β-amino-alcohol motifs (C(OH)–C–C–N with tert-alkyl or cyclic N) is 1. The minimum Gasteiger partial charge on any atom is -0.388 e. The summed E-state index contributed by atoms with van der Waals surface area (Å²) in [6.07, 6.45) is 3.05. The van der Waals surface area contributed by atoms with Gasteiger partial charge in [0.25, 0.3) is 5.91 Å². The van der Waals surface area contributed by atoms with Gasteiger partial charge in [-0.2, -0.15) is 0 Å². The van der Waals surface area contributed by atoms with Crippen LogP contribution in [0.4, 0.5) is 0 Å². The monoisotopic (exact) mass is 227 g/mol. The third-order valence-electron chi connectivity index (χ3n) is 2.53. The van der Waals surface area contributed by atoms with Crippen molar-refractivity contribution in [2.75, 3.05) is 13.1 Å². The molecule has 0 saturated carbocycles. The quantitative estimate of drug-likeness (QED) is 0.759. The number of hydrogen-bond acceptors (Lipinski definition) is 5. The number of rotatable bonds is 1. The Kier molecular flexibility index (Phi) is 2.70. The Bertz CT molecular complexity index is 350. The molecular weight excluding hydrogens is 214 g/mol. The molecule has 1 fully saturated rings. The lowest BCUT2D eigenvalue weighted by atomic mass is 9.95. The Hall–Kier alpha value is -1.01. The first kappa shape index (κ1) is 10.5. The highest BCUT2D eigenvalue weighted by Gasteiger charge is 2.31. The SMILES string of the molecule is CC1(O)CCCN(C(=O)c2cnns2)C1. The van der Waals surface area contributed by atoms with Crippen LogP contribution in [0.3, 0.4) is 0 Å². The van der Waals surface area contributed by atoms with Gasteiger partial charge < -0.3 is 10.0 Å². The summed E-state index contributed by atoms with van der Waals surface area (Å²) in [7, 11) is 0. The van der Waals surface area contributed by atoms with Crippen molar-refractivity contribution in [3.8, 4) is 0 Å². The third kappa shape index (κ3) is 2.32. The van der Waals surface area contributed by atoms with Gasteiger partial charge in [-0.15, -0.1) is 5.10 Å². The number of nitrogens with zero attached hydrogens (tertiary/aromatic N) is 3. The fourth-order valence-corrected chi connectivity index (χ4v) is 2.29. The molecule has 0 radical (unpaired) electrons. The van der Waals surface area contributed by atoms with Crippen molar-refractivity contribution in [1.82, 2.24) is 14.5 Å². The van der Waals surface area contributed by atoms with Crippen molar-refractivity contribution in [2.24, 2.45) is 0 Å². The molecule has 2 rings (SSSR count). The van der Waals surface area contributed by atoms with Crippen molar-refractivity contribution in [3.63, 3.8) is 0 Å². The van der Waals surface area contributed by atoms with E-state index in [4.69, 9.17) is 0 Å². The summed E-state index contributed by atoms with van der Waals surface area (Å²) < 4.78 is 3.66. The highest BCUT2D eigenvalue weighted by molar-refractivity contribution is 7.07. The zero-order valence-electron chi connectivity index (χ0n) is 8.51. The number of hydrogen-bond donors (Lipinski definition) is 1. The number of piperidine rings is 1. The number of aromatic nitrogens is 2. The van der Waals surface area contributed by atoms with Crippen molar-refractivity contribution >= 4 is 17.4 Å². The molecule has 1 aromatic heterocycles. The van der Waals surface area contributed by atoms with Crippen LogP contribution in [-0.2, 0) is 0 Å². The van der Waals surface area contributed by atoms with Crippen LogP contribution in [0.1, 0.15) is 29.4 Å². The lowest BCUT2D eigenvalue weighted by Gasteiger charge is -2.36. The maximum atomic E-state index is 11.9. The maximum absolute atomic E-state index is 11.9. The van der Waals surface area contributed by atoms with Crippen LogP contribution in [0.15, 0.2) is 6.20 Å². The predicted octanol–water partition coefficient (Wildman–Crippen LogP) is 0.525. The summed E-state index contributed by atoms with van der Waals surface area (Å²) in [4.78, 5) is 14.1. The van der Waals surface area contributed by atoms with Crippen molar-refractivity contribution in [3.05, 3.63) is 11.1 Å². The van der Waals surface area contributed by atoms with E-state index in [2.05, 4.69) is 9.59 Å². The summed E-state index contributed by atoms with van der Waals surface area (Å²) in [5, 5.41) is 13.5. The van der Waals surface area contributed by atoms with Crippen molar-refractivity contribution < 1.29 is 9.90 Å². The molecule has 1 aliphatic heterocycles. The van der Waals surface area contributed by atoms with Gasteiger partial charge in [0, 0.05) is 13.1 Å². The van der Waals surface area contributed by atoms with Gasteiger partial charge in [-0.25, -0.2) is 0 Å². The van der Waals surface area contributed by atoms with Crippen molar-refractivity contribution in [2.45, 2.75) is 25.4 Å². The average Bonchev–Trinajstić information content (AvgIpc) is 2.67. The van der Waals surface area contributed by atoms with Gasteiger partial charge in [-0.05, 0) is 31.3 Å². The molecule has 0 spiro atoms. The van der Waals surface area contributed by atoms with E-state index in [0.717, 1.165) is 24.4 Å². The van der Waals surface area contributed by atoms with Gasteiger partial charge in [0.2, 0.25) is 0 Å². The van der Waals surface area contributed by atoms with Crippen molar-refractivity contribution in [1.29, 1.82) is 0 Å². The van der Waals surface area contributed by atoms with E-state index in [-0.39, 0.29) is 5.91 Å². The third-order valence-corrected chi connectivity index (χ3v) is 3.19. The Morgan fingerprint density at radius 3 is 3.13 bits per heavy atom. The van der Waals surface area contributed by atoms with Gasteiger partial charge in [-0.3, -0.25) is 4.79 Å². The van der Waals surface area contributed by atoms with Crippen LogP contribution >= 0.6 is 11.5 Å². The minimum absolute atomic E-state index is 0.0787.